The quantitative estimate of drug-likeness (QED) is 0.823. The van der Waals surface area contributed by atoms with Crippen molar-refractivity contribution in [2.75, 3.05) is 6.26 Å². The van der Waals surface area contributed by atoms with Crippen molar-refractivity contribution in [2.24, 2.45) is 11.8 Å². The average molecular weight is 268 g/mol. The zero-order chi connectivity index (χ0) is 13.5. The predicted molar refractivity (Wildman–Crippen MR) is 63.1 cm³/mol. The first-order valence-corrected chi connectivity index (χ1v) is 7.27. The first kappa shape index (κ1) is 12.8. The number of ketones is 1. The van der Waals surface area contributed by atoms with E-state index in [-0.39, 0.29) is 10.7 Å². The van der Waals surface area contributed by atoms with Gasteiger partial charge in [-0.05, 0) is 18.6 Å². The van der Waals surface area contributed by atoms with Gasteiger partial charge in [0, 0.05) is 17.7 Å². The summed E-state index contributed by atoms with van der Waals surface area (Å²) in [5.74, 6) is -2.25. The third-order valence-electron chi connectivity index (χ3n) is 3.01. The number of carbonyl (C=O) groups is 2. The van der Waals surface area contributed by atoms with Crippen LogP contribution in [0, 0.1) is 11.8 Å². The van der Waals surface area contributed by atoms with Gasteiger partial charge in [-0.3, -0.25) is 9.59 Å². The smallest absolute Gasteiger partial charge is 0.307 e. The number of hydrogen-bond acceptors (Lipinski definition) is 4. The molecular weight excluding hydrogens is 256 g/mol. The molecule has 1 aliphatic rings. The molecule has 2 atom stereocenters. The van der Waals surface area contributed by atoms with Crippen molar-refractivity contribution < 1.29 is 23.1 Å². The number of Topliss-reactive ketones (excluding diaryl/α,β-unsaturated/α-hetero) is 1. The molecular formula is C12H12O5S. The van der Waals surface area contributed by atoms with Gasteiger partial charge in [-0.25, -0.2) is 8.42 Å². The Kier molecular flexibility index (Phi) is 2.98. The summed E-state index contributed by atoms with van der Waals surface area (Å²) < 4.78 is 22.5. The standard InChI is InChI=1S/C12H12O5S/c1-18(16,17)8-4-2-7(3-5-8)11(13)9-6-10(9)12(14)15/h2-5,9-10H,6H2,1H3,(H,14,15). The lowest BCUT2D eigenvalue weighted by molar-refractivity contribution is -0.138. The van der Waals surface area contributed by atoms with E-state index in [2.05, 4.69) is 0 Å². The maximum atomic E-state index is 11.9. The molecule has 1 saturated carbocycles. The monoisotopic (exact) mass is 268 g/mol. The third-order valence-corrected chi connectivity index (χ3v) is 4.14. The van der Waals surface area contributed by atoms with Gasteiger partial charge in [0.05, 0.1) is 10.8 Å². The highest BCUT2D eigenvalue weighted by Crippen LogP contribution is 2.41. The van der Waals surface area contributed by atoms with Gasteiger partial charge in [-0.1, -0.05) is 12.1 Å². The minimum Gasteiger partial charge on any atom is -0.481 e. The Labute approximate surface area is 104 Å². The van der Waals surface area contributed by atoms with E-state index >= 15 is 0 Å². The molecule has 1 N–H and O–H groups in total. The van der Waals surface area contributed by atoms with E-state index < -0.39 is 27.6 Å². The summed E-state index contributed by atoms with van der Waals surface area (Å²) >= 11 is 0. The Morgan fingerprint density at radius 1 is 1.17 bits per heavy atom. The number of aliphatic carboxylic acids is 1. The van der Waals surface area contributed by atoms with Crippen LogP contribution in [0.2, 0.25) is 0 Å². The van der Waals surface area contributed by atoms with Crippen LogP contribution in [0.4, 0.5) is 0 Å². The molecule has 0 bridgehead atoms. The molecule has 1 aromatic carbocycles. The van der Waals surface area contributed by atoms with Crippen LogP contribution in [0.1, 0.15) is 16.8 Å². The molecule has 18 heavy (non-hydrogen) atoms. The molecule has 0 aliphatic heterocycles. The van der Waals surface area contributed by atoms with Gasteiger partial charge in [0.25, 0.3) is 0 Å². The molecule has 0 aromatic heterocycles. The predicted octanol–water partition coefficient (Wildman–Crippen LogP) is 0.994. The lowest BCUT2D eigenvalue weighted by Gasteiger charge is -2.01. The lowest BCUT2D eigenvalue weighted by Crippen LogP contribution is -2.08. The fraction of sp³-hybridized carbons (Fsp3) is 0.333. The maximum absolute atomic E-state index is 11.9. The summed E-state index contributed by atoms with van der Waals surface area (Å²) in [5, 5.41) is 8.74. The minimum absolute atomic E-state index is 0.143. The van der Waals surface area contributed by atoms with E-state index in [9.17, 15) is 18.0 Å². The zero-order valence-corrected chi connectivity index (χ0v) is 10.5. The second-order valence-electron chi connectivity index (χ2n) is 4.45. The van der Waals surface area contributed by atoms with Crippen molar-refractivity contribution in [3.8, 4) is 0 Å². The summed E-state index contributed by atoms with van der Waals surface area (Å²) in [7, 11) is -3.28. The van der Waals surface area contributed by atoms with E-state index in [1.54, 1.807) is 0 Å². The molecule has 1 aromatic rings. The van der Waals surface area contributed by atoms with Crippen molar-refractivity contribution in [3.63, 3.8) is 0 Å². The molecule has 0 spiro atoms. The lowest BCUT2D eigenvalue weighted by atomic mass is 10.1. The van der Waals surface area contributed by atoms with Crippen LogP contribution < -0.4 is 0 Å². The topological polar surface area (TPSA) is 88.5 Å². The second-order valence-corrected chi connectivity index (χ2v) is 6.46. The number of carboxylic acid groups (broad SMARTS) is 1. The average Bonchev–Trinajstić information content (AvgIpc) is 3.07. The SMILES string of the molecule is CS(=O)(=O)c1ccc(C(=O)C2CC2C(=O)O)cc1. The molecule has 6 heteroatoms. The van der Waals surface area contributed by atoms with Gasteiger partial charge in [0.2, 0.25) is 0 Å². The molecule has 96 valence electrons. The summed E-state index contributed by atoms with van der Waals surface area (Å²) in [6, 6.07) is 5.58. The zero-order valence-electron chi connectivity index (χ0n) is 9.66. The normalized spacial score (nSPS) is 22.5. The van der Waals surface area contributed by atoms with Gasteiger partial charge in [-0.15, -0.1) is 0 Å². The molecule has 0 amide bonds. The number of rotatable bonds is 4. The number of sulfone groups is 1. The van der Waals surface area contributed by atoms with Gasteiger partial charge in [0.15, 0.2) is 15.6 Å². The van der Waals surface area contributed by atoms with Crippen LogP contribution in [0.25, 0.3) is 0 Å². The molecule has 2 unspecified atom stereocenters. The van der Waals surface area contributed by atoms with Gasteiger partial charge in [-0.2, -0.15) is 0 Å². The maximum Gasteiger partial charge on any atom is 0.307 e. The Morgan fingerprint density at radius 2 is 1.72 bits per heavy atom. The Bertz CT molecular complexity index is 600. The second kappa shape index (κ2) is 4.20. The number of carbonyl (C=O) groups excluding carboxylic acids is 1. The first-order valence-electron chi connectivity index (χ1n) is 5.38. The summed E-state index contributed by atoms with van der Waals surface area (Å²) in [6.07, 6.45) is 1.45. The number of hydrogen-bond donors (Lipinski definition) is 1. The molecule has 1 aliphatic carbocycles. The van der Waals surface area contributed by atoms with E-state index in [1.165, 1.54) is 24.3 Å². The highest BCUT2D eigenvalue weighted by atomic mass is 32.2. The summed E-state index contributed by atoms with van der Waals surface area (Å²) in [6.45, 7) is 0. The van der Waals surface area contributed by atoms with Crippen LogP contribution in [0.5, 0.6) is 0 Å². The molecule has 5 nitrogen and oxygen atoms in total. The Hall–Kier alpha value is -1.69. The number of carboxylic acids is 1. The highest BCUT2D eigenvalue weighted by molar-refractivity contribution is 7.90. The van der Waals surface area contributed by atoms with Crippen molar-refractivity contribution in [1.82, 2.24) is 0 Å². The van der Waals surface area contributed by atoms with Crippen LogP contribution >= 0.6 is 0 Å². The summed E-state index contributed by atoms with van der Waals surface area (Å²) in [5.41, 5.74) is 0.358. The largest absolute Gasteiger partial charge is 0.481 e. The van der Waals surface area contributed by atoms with Crippen LogP contribution in [-0.4, -0.2) is 31.5 Å². The van der Waals surface area contributed by atoms with E-state index in [4.69, 9.17) is 5.11 Å². The molecule has 2 rings (SSSR count). The first-order chi connectivity index (χ1) is 8.30. The third kappa shape index (κ3) is 2.43. The van der Waals surface area contributed by atoms with E-state index in [0.717, 1.165) is 6.26 Å². The van der Waals surface area contributed by atoms with Gasteiger partial charge in [0.1, 0.15) is 0 Å². The molecule has 0 heterocycles. The number of benzene rings is 1. The summed E-state index contributed by atoms with van der Waals surface area (Å²) in [4.78, 5) is 22.7. The fourth-order valence-electron chi connectivity index (χ4n) is 1.84. The van der Waals surface area contributed by atoms with Gasteiger partial charge >= 0.3 is 5.97 Å². The van der Waals surface area contributed by atoms with E-state index in [0.29, 0.717) is 12.0 Å². The Balaban J connectivity index is 2.17. The van der Waals surface area contributed by atoms with Gasteiger partial charge < -0.3 is 5.11 Å². The molecule has 0 saturated heterocycles. The van der Waals surface area contributed by atoms with Crippen molar-refractivity contribution in [3.05, 3.63) is 29.8 Å². The van der Waals surface area contributed by atoms with Crippen molar-refractivity contribution in [1.29, 1.82) is 0 Å². The highest BCUT2D eigenvalue weighted by Gasteiger charge is 2.48. The van der Waals surface area contributed by atoms with Crippen molar-refractivity contribution >= 4 is 21.6 Å². The van der Waals surface area contributed by atoms with Crippen LogP contribution in [0.3, 0.4) is 0 Å². The molecule has 0 radical (unpaired) electrons. The van der Waals surface area contributed by atoms with Crippen molar-refractivity contribution in [2.45, 2.75) is 11.3 Å². The van der Waals surface area contributed by atoms with Crippen LogP contribution in [-0.2, 0) is 14.6 Å². The van der Waals surface area contributed by atoms with E-state index in [1.807, 2.05) is 0 Å². The fourth-order valence-corrected chi connectivity index (χ4v) is 2.47. The minimum atomic E-state index is -3.28. The molecule has 1 fully saturated rings. The Morgan fingerprint density at radius 3 is 2.11 bits per heavy atom. The van der Waals surface area contributed by atoms with Crippen LogP contribution in [0.15, 0.2) is 29.2 Å².